The van der Waals surface area contributed by atoms with Gasteiger partial charge in [-0.05, 0) is 43.2 Å². The molecular formula is C23H24FN3O5. The molecule has 1 heterocycles. The number of hydrogen-bond acceptors (Lipinski definition) is 5. The zero-order valence-corrected chi connectivity index (χ0v) is 17.8. The van der Waals surface area contributed by atoms with Crippen molar-refractivity contribution in [2.45, 2.75) is 33.6 Å². The van der Waals surface area contributed by atoms with Crippen LogP contribution in [0.1, 0.15) is 41.2 Å². The van der Waals surface area contributed by atoms with Gasteiger partial charge in [0.2, 0.25) is 0 Å². The van der Waals surface area contributed by atoms with Gasteiger partial charge in [-0.1, -0.05) is 30.3 Å². The van der Waals surface area contributed by atoms with Gasteiger partial charge in [-0.3, -0.25) is 4.57 Å². The number of hydrogen-bond donors (Lipinski definition) is 1. The number of carboxylic acid groups (broad SMARTS) is 1. The predicted octanol–water partition coefficient (Wildman–Crippen LogP) is 3.62. The van der Waals surface area contributed by atoms with E-state index in [0.717, 1.165) is 16.3 Å². The number of carboxylic acids is 1. The Morgan fingerprint density at radius 1 is 1.19 bits per heavy atom. The lowest BCUT2D eigenvalue weighted by Crippen LogP contribution is -2.25. The minimum atomic E-state index is -1.30. The number of aromatic nitrogens is 3. The van der Waals surface area contributed by atoms with E-state index >= 15 is 0 Å². The van der Waals surface area contributed by atoms with E-state index in [2.05, 4.69) is 5.10 Å². The maximum absolute atomic E-state index is 14.8. The second-order valence-corrected chi connectivity index (χ2v) is 6.79. The van der Waals surface area contributed by atoms with Crippen molar-refractivity contribution >= 4 is 12.0 Å². The van der Waals surface area contributed by atoms with E-state index in [1.807, 2.05) is 30.3 Å². The summed E-state index contributed by atoms with van der Waals surface area (Å²) in [6, 6.07) is 11.7. The van der Waals surface area contributed by atoms with Crippen LogP contribution in [-0.4, -0.2) is 32.0 Å². The van der Waals surface area contributed by atoms with Crippen LogP contribution in [0.2, 0.25) is 0 Å². The molecule has 2 aromatic carbocycles. The molecule has 0 amide bonds. The summed E-state index contributed by atoms with van der Waals surface area (Å²) in [5, 5.41) is 13.6. The molecule has 0 fully saturated rings. The smallest absolute Gasteiger partial charge is 0.350 e. The monoisotopic (exact) mass is 441 g/mol. The number of halogens is 1. The average Bonchev–Trinajstić information content (AvgIpc) is 3.10. The van der Waals surface area contributed by atoms with Crippen molar-refractivity contribution in [2.24, 2.45) is 0 Å². The maximum Gasteiger partial charge on any atom is 0.350 e. The zero-order valence-electron chi connectivity index (χ0n) is 17.8. The summed E-state index contributed by atoms with van der Waals surface area (Å²) in [5.74, 6) is -1.84. The molecular weight excluding hydrogens is 417 g/mol. The highest BCUT2D eigenvalue weighted by atomic mass is 19.1. The van der Waals surface area contributed by atoms with Crippen molar-refractivity contribution in [3.63, 3.8) is 0 Å². The van der Waals surface area contributed by atoms with E-state index < -0.39 is 17.5 Å². The Morgan fingerprint density at radius 3 is 2.59 bits per heavy atom. The van der Waals surface area contributed by atoms with Gasteiger partial charge in [0.15, 0.2) is 5.82 Å². The van der Waals surface area contributed by atoms with Gasteiger partial charge in [0, 0.05) is 6.54 Å². The Morgan fingerprint density at radius 2 is 1.94 bits per heavy atom. The molecule has 3 rings (SSSR count). The van der Waals surface area contributed by atoms with E-state index in [-0.39, 0.29) is 23.4 Å². The summed E-state index contributed by atoms with van der Waals surface area (Å²) in [5.41, 5.74) is 0.192. The summed E-state index contributed by atoms with van der Waals surface area (Å²) in [4.78, 5) is 24.4. The highest BCUT2D eigenvalue weighted by molar-refractivity contribution is 5.92. The van der Waals surface area contributed by atoms with Gasteiger partial charge in [0.25, 0.3) is 0 Å². The van der Waals surface area contributed by atoms with Crippen LogP contribution in [0, 0.1) is 5.82 Å². The fourth-order valence-electron chi connectivity index (χ4n) is 3.13. The second kappa shape index (κ2) is 10.5. The average molecular weight is 441 g/mol. The molecule has 0 aliphatic rings. The minimum absolute atomic E-state index is 0.0525. The standard InChI is InChI=1S/C23H24FN3O5/c1-3-26-21(15-32-14-16-8-6-5-7-9-16)25-27(23(26)30)20-12-17(10-11-31-4-2)18(22(28)29)13-19(20)24/h5-13H,3-4,14-15H2,1-2H3,(H,28,29)/b11-10+. The van der Waals surface area contributed by atoms with Crippen LogP contribution in [0.4, 0.5) is 4.39 Å². The number of benzene rings is 2. The summed E-state index contributed by atoms with van der Waals surface area (Å²) in [7, 11) is 0. The lowest BCUT2D eigenvalue weighted by molar-refractivity contribution is 0.0696. The molecule has 1 N–H and O–H groups in total. The summed E-state index contributed by atoms with van der Waals surface area (Å²) < 4.78 is 27.9. The van der Waals surface area contributed by atoms with E-state index in [0.29, 0.717) is 25.6 Å². The molecule has 9 heteroatoms. The molecule has 0 aliphatic carbocycles. The van der Waals surface area contributed by atoms with Gasteiger partial charge in [-0.2, -0.15) is 4.68 Å². The third kappa shape index (κ3) is 5.12. The molecule has 168 valence electrons. The molecule has 0 saturated heterocycles. The van der Waals surface area contributed by atoms with E-state index in [9.17, 15) is 19.1 Å². The first-order chi connectivity index (χ1) is 15.5. The van der Waals surface area contributed by atoms with Gasteiger partial charge in [-0.15, -0.1) is 5.10 Å². The first kappa shape index (κ1) is 23.0. The Bertz CT molecular complexity index is 1170. The van der Waals surface area contributed by atoms with E-state index in [1.54, 1.807) is 13.8 Å². The molecule has 8 nitrogen and oxygen atoms in total. The Balaban J connectivity index is 1.95. The quantitative estimate of drug-likeness (QED) is 0.483. The van der Waals surface area contributed by atoms with E-state index in [4.69, 9.17) is 9.47 Å². The molecule has 0 aliphatic heterocycles. The van der Waals surface area contributed by atoms with Crippen LogP contribution in [0.25, 0.3) is 11.8 Å². The van der Waals surface area contributed by atoms with Crippen LogP contribution >= 0.6 is 0 Å². The van der Waals surface area contributed by atoms with Crippen molar-refractivity contribution < 1.29 is 23.8 Å². The first-order valence-corrected chi connectivity index (χ1v) is 10.1. The second-order valence-electron chi connectivity index (χ2n) is 6.79. The molecule has 0 spiro atoms. The molecule has 3 aromatic rings. The van der Waals surface area contributed by atoms with Gasteiger partial charge in [-0.25, -0.2) is 14.0 Å². The molecule has 0 unspecified atom stereocenters. The van der Waals surface area contributed by atoms with Crippen molar-refractivity contribution in [3.8, 4) is 5.69 Å². The highest BCUT2D eigenvalue weighted by Gasteiger charge is 2.20. The number of ether oxygens (including phenoxy) is 2. The number of aromatic carboxylic acids is 1. The summed E-state index contributed by atoms with van der Waals surface area (Å²) in [6.45, 7) is 4.64. The summed E-state index contributed by atoms with van der Waals surface area (Å²) in [6.07, 6.45) is 2.72. The highest BCUT2D eigenvalue weighted by Crippen LogP contribution is 2.20. The molecule has 1 aromatic heterocycles. The number of carbonyl (C=O) groups is 1. The molecule has 0 bridgehead atoms. The molecule has 0 saturated carbocycles. The Labute approximate surface area is 184 Å². The minimum Gasteiger partial charge on any atom is -0.501 e. The lowest BCUT2D eigenvalue weighted by atomic mass is 10.1. The molecule has 0 radical (unpaired) electrons. The van der Waals surface area contributed by atoms with Gasteiger partial charge >= 0.3 is 11.7 Å². The topological polar surface area (TPSA) is 95.6 Å². The van der Waals surface area contributed by atoms with Crippen LogP contribution < -0.4 is 5.69 Å². The van der Waals surface area contributed by atoms with Crippen molar-refractivity contribution in [2.75, 3.05) is 6.61 Å². The van der Waals surface area contributed by atoms with Gasteiger partial charge in [0.1, 0.15) is 18.1 Å². The van der Waals surface area contributed by atoms with Crippen LogP contribution in [0.15, 0.2) is 53.5 Å². The molecule has 0 atom stereocenters. The predicted molar refractivity (Wildman–Crippen MR) is 116 cm³/mol. The normalized spacial score (nSPS) is 11.2. The number of nitrogens with zero attached hydrogens (tertiary/aromatic N) is 3. The lowest BCUT2D eigenvalue weighted by Gasteiger charge is -2.07. The zero-order chi connectivity index (χ0) is 23.1. The largest absolute Gasteiger partial charge is 0.501 e. The Kier molecular flexibility index (Phi) is 7.56. The van der Waals surface area contributed by atoms with Crippen molar-refractivity contribution in [1.29, 1.82) is 0 Å². The third-order valence-corrected chi connectivity index (χ3v) is 4.69. The van der Waals surface area contributed by atoms with Gasteiger partial charge in [0.05, 0.1) is 25.0 Å². The van der Waals surface area contributed by atoms with Crippen LogP contribution in [-0.2, 0) is 29.2 Å². The fraction of sp³-hybridized carbons (Fsp3) is 0.261. The fourth-order valence-corrected chi connectivity index (χ4v) is 3.13. The van der Waals surface area contributed by atoms with Gasteiger partial charge < -0.3 is 14.6 Å². The maximum atomic E-state index is 14.8. The Hall–Kier alpha value is -3.72. The third-order valence-electron chi connectivity index (χ3n) is 4.69. The van der Waals surface area contributed by atoms with Crippen molar-refractivity contribution in [3.05, 3.63) is 87.5 Å². The van der Waals surface area contributed by atoms with Crippen molar-refractivity contribution in [1.82, 2.24) is 14.3 Å². The van der Waals surface area contributed by atoms with E-state index in [1.165, 1.54) is 23.0 Å². The SMILES string of the molecule is CCO/C=C/c1cc(-n2nc(COCc3ccccc3)n(CC)c2=O)c(F)cc1C(=O)O. The number of rotatable bonds is 10. The van der Waals surface area contributed by atoms with Crippen LogP contribution in [0.3, 0.4) is 0 Å². The van der Waals surface area contributed by atoms with Crippen LogP contribution in [0.5, 0.6) is 0 Å². The first-order valence-electron chi connectivity index (χ1n) is 10.1. The summed E-state index contributed by atoms with van der Waals surface area (Å²) >= 11 is 0. The molecule has 32 heavy (non-hydrogen) atoms.